The molecular formula is C15H20N2O2. The number of aliphatic hydroxyl groups excluding tert-OH is 1. The molecule has 1 aromatic rings. The standard InChI is InChI=1S/C15H20N2O2/c16-11-13-2-1-3-14(10-13)12-17-15(4-7-18)5-8-19-9-6-15/h1-3,10,17-18H,4-9,12H2. The van der Waals surface area contributed by atoms with E-state index in [1.165, 1.54) is 0 Å². The third-order valence-corrected chi connectivity index (χ3v) is 3.76. The SMILES string of the molecule is N#Cc1cccc(CNC2(CCO)CCOCC2)c1. The van der Waals surface area contributed by atoms with Crippen LogP contribution in [0.25, 0.3) is 0 Å². The fourth-order valence-electron chi connectivity index (χ4n) is 2.53. The lowest BCUT2D eigenvalue weighted by molar-refractivity contribution is 0.0267. The number of hydrogen-bond donors (Lipinski definition) is 2. The van der Waals surface area contributed by atoms with Gasteiger partial charge >= 0.3 is 0 Å². The highest BCUT2D eigenvalue weighted by Crippen LogP contribution is 2.24. The van der Waals surface area contributed by atoms with Crippen LogP contribution in [0.4, 0.5) is 0 Å². The fourth-order valence-corrected chi connectivity index (χ4v) is 2.53. The summed E-state index contributed by atoms with van der Waals surface area (Å²) in [6.07, 6.45) is 2.59. The van der Waals surface area contributed by atoms with E-state index in [0.29, 0.717) is 5.56 Å². The minimum absolute atomic E-state index is 0.0321. The van der Waals surface area contributed by atoms with Crippen LogP contribution in [0.1, 0.15) is 30.4 Å². The summed E-state index contributed by atoms with van der Waals surface area (Å²) in [7, 11) is 0. The summed E-state index contributed by atoms with van der Waals surface area (Å²) in [5.74, 6) is 0. The topological polar surface area (TPSA) is 65.3 Å². The maximum Gasteiger partial charge on any atom is 0.0991 e. The van der Waals surface area contributed by atoms with Gasteiger partial charge in [0, 0.05) is 31.9 Å². The van der Waals surface area contributed by atoms with Crippen LogP contribution in [-0.4, -0.2) is 30.5 Å². The second kappa shape index (κ2) is 6.67. The molecule has 1 aliphatic heterocycles. The van der Waals surface area contributed by atoms with E-state index >= 15 is 0 Å². The zero-order valence-electron chi connectivity index (χ0n) is 11.1. The molecule has 0 atom stereocenters. The Morgan fingerprint density at radius 1 is 1.37 bits per heavy atom. The number of aliphatic hydroxyl groups is 1. The zero-order chi connectivity index (χ0) is 13.6. The minimum atomic E-state index is -0.0321. The van der Waals surface area contributed by atoms with Crippen molar-refractivity contribution >= 4 is 0 Å². The molecule has 4 heteroatoms. The molecule has 1 aromatic carbocycles. The quantitative estimate of drug-likeness (QED) is 0.843. The van der Waals surface area contributed by atoms with Gasteiger partial charge in [0.25, 0.3) is 0 Å². The van der Waals surface area contributed by atoms with Crippen molar-refractivity contribution in [2.45, 2.75) is 31.3 Å². The number of nitriles is 1. The van der Waals surface area contributed by atoms with Crippen molar-refractivity contribution in [1.82, 2.24) is 5.32 Å². The van der Waals surface area contributed by atoms with E-state index in [9.17, 15) is 5.11 Å². The van der Waals surface area contributed by atoms with Crippen molar-refractivity contribution in [3.63, 3.8) is 0 Å². The van der Waals surface area contributed by atoms with E-state index in [-0.39, 0.29) is 12.1 Å². The first-order valence-electron chi connectivity index (χ1n) is 6.71. The summed E-state index contributed by atoms with van der Waals surface area (Å²) in [4.78, 5) is 0. The number of nitrogens with zero attached hydrogens (tertiary/aromatic N) is 1. The van der Waals surface area contributed by atoms with Gasteiger partial charge in [-0.2, -0.15) is 5.26 Å². The predicted molar refractivity (Wildman–Crippen MR) is 72.5 cm³/mol. The lowest BCUT2D eigenvalue weighted by Gasteiger charge is -2.38. The molecule has 1 heterocycles. The Bertz CT molecular complexity index is 442. The van der Waals surface area contributed by atoms with Crippen molar-refractivity contribution in [3.05, 3.63) is 35.4 Å². The molecule has 0 aliphatic carbocycles. The van der Waals surface area contributed by atoms with Gasteiger partial charge < -0.3 is 15.2 Å². The third kappa shape index (κ3) is 3.77. The van der Waals surface area contributed by atoms with Crippen LogP contribution in [0.3, 0.4) is 0 Å². The van der Waals surface area contributed by atoms with Gasteiger partial charge in [0.05, 0.1) is 11.6 Å². The molecule has 1 fully saturated rings. The largest absolute Gasteiger partial charge is 0.396 e. The fraction of sp³-hybridized carbons (Fsp3) is 0.533. The van der Waals surface area contributed by atoms with Gasteiger partial charge in [0.15, 0.2) is 0 Å². The molecule has 1 saturated heterocycles. The van der Waals surface area contributed by atoms with Gasteiger partial charge in [-0.15, -0.1) is 0 Å². The zero-order valence-corrected chi connectivity index (χ0v) is 11.1. The Hall–Kier alpha value is -1.41. The van der Waals surface area contributed by atoms with Crippen molar-refractivity contribution in [2.24, 2.45) is 0 Å². The van der Waals surface area contributed by atoms with Crippen LogP contribution < -0.4 is 5.32 Å². The maximum atomic E-state index is 9.24. The van der Waals surface area contributed by atoms with Gasteiger partial charge in [-0.3, -0.25) is 0 Å². The summed E-state index contributed by atoms with van der Waals surface area (Å²) >= 11 is 0. The summed E-state index contributed by atoms with van der Waals surface area (Å²) in [6.45, 7) is 2.39. The Morgan fingerprint density at radius 2 is 2.16 bits per heavy atom. The molecule has 0 spiro atoms. The van der Waals surface area contributed by atoms with Gasteiger partial charge in [-0.25, -0.2) is 0 Å². The lowest BCUT2D eigenvalue weighted by Crippen LogP contribution is -2.49. The molecule has 2 N–H and O–H groups in total. The molecule has 0 radical (unpaired) electrons. The molecule has 1 aliphatic rings. The number of rotatable bonds is 5. The molecule has 4 nitrogen and oxygen atoms in total. The van der Waals surface area contributed by atoms with Crippen LogP contribution in [0.2, 0.25) is 0 Å². The summed E-state index contributed by atoms with van der Waals surface area (Å²) < 4.78 is 5.39. The van der Waals surface area contributed by atoms with E-state index < -0.39 is 0 Å². The van der Waals surface area contributed by atoms with Crippen LogP contribution in [-0.2, 0) is 11.3 Å². The maximum absolute atomic E-state index is 9.24. The first kappa shape index (κ1) is 14.0. The van der Waals surface area contributed by atoms with E-state index in [1.807, 2.05) is 18.2 Å². The highest BCUT2D eigenvalue weighted by atomic mass is 16.5. The summed E-state index contributed by atoms with van der Waals surface area (Å²) in [5.41, 5.74) is 1.75. The van der Waals surface area contributed by atoms with Crippen LogP contribution in [0.15, 0.2) is 24.3 Å². The van der Waals surface area contributed by atoms with Crippen molar-refractivity contribution < 1.29 is 9.84 Å². The van der Waals surface area contributed by atoms with E-state index in [0.717, 1.165) is 44.6 Å². The highest BCUT2D eigenvalue weighted by Gasteiger charge is 2.31. The van der Waals surface area contributed by atoms with Gasteiger partial charge in [0.1, 0.15) is 0 Å². The second-order valence-electron chi connectivity index (χ2n) is 5.03. The molecule has 0 bridgehead atoms. The van der Waals surface area contributed by atoms with E-state index in [1.54, 1.807) is 6.07 Å². The minimum Gasteiger partial charge on any atom is -0.396 e. The molecule has 0 aromatic heterocycles. The average molecular weight is 260 g/mol. The second-order valence-corrected chi connectivity index (χ2v) is 5.03. The van der Waals surface area contributed by atoms with Crippen molar-refractivity contribution in [2.75, 3.05) is 19.8 Å². The predicted octanol–water partition coefficient (Wildman–Crippen LogP) is 1.58. The number of benzene rings is 1. The number of ether oxygens (including phenoxy) is 1. The van der Waals surface area contributed by atoms with Gasteiger partial charge in [-0.1, -0.05) is 12.1 Å². The smallest absolute Gasteiger partial charge is 0.0991 e. The average Bonchev–Trinajstić information content (AvgIpc) is 2.47. The molecule has 0 unspecified atom stereocenters. The normalized spacial score (nSPS) is 17.9. The first-order valence-corrected chi connectivity index (χ1v) is 6.71. The summed E-state index contributed by atoms with van der Waals surface area (Å²) in [5, 5.41) is 21.7. The van der Waals surface area contributed by atoms with Crippen LogP contribution >= 0.6 is 0 Å². The third-order valence-electron chi connectivity index (χ3n) is 3.76. The lowest BCUT2D eigenvalue weighted by atomic mass is 9.86. The van der Waals surface area contributed by atoms with Crippen LogP contribution in [0, 0.1) is 11.3 Å². The molecule has 0 amide bonds. The Morgan fingerprint density at radius 3 is 2.84 bits per heavy atom. The molecule has 102 valence electrons. The van der Waals surface area contributed by atoms with Gasteiger partial charge in [-0.05, 0) is 37.0 Å². The Balaban J connectivity index is 2.00. The van der Waals surface area contributed by atoms with E-state index in [4.69, 9.17) is 10.00 Å². The molecule has 2 rings (SSSR count). The first-order chi connectivity index (χ1) is 9.28. The van der Waals surface area contributed by atoms with Crippen LogP contribution in [0.5, 0.6) is 0 Å². The summed E-state index contributed by atoms with van der Waals surface area (Å²) in [6, 6.07) is 9.78. The van der Waals surface area contributed by atoms with Crippen molar-refractivity contribution in [1.29, 1.82) is 5.26 Å². The Kier molecular flexibility index (Phi) is 4.92. The van der Waals surface area contributed by atoms with Crippen molar-refractivity contribution in [3.8, 4) is 6.07 Å². The molecule has 0 saturated carbocycles. The van der Waals surface area contributed by atoms with Gasteiger partial charge in [0.2, 0.25) is 0 Å². The number of hydrogen-bond acceptors (Lipinski definition) is 4. The monoisotopic (exact) mass is 260 g/mol. The molecule has 19 heavy (non-hydrogen) atoms. The van der Waals surface area contributed by atoms with E-state index in [2.05, 4.69) is 11.4 Å². The molecular weight excluding hydrogens is 240 g/mol. The number of nitrogens with one attached hydrogen (secondary N) is 1. The highest BCUT2D eigenvalue weighted by molar-refractivity contribution is 5.32. The Labute approximate surface area is 114 Å².